The van der Waals surface area contributed by atoms with Crippen LogP contribution in [0.25, 0.3) is 0 Å². The van der Waals surface area contributed by atoms with Crippen molar-refractivity contribution in [1.82, 2.24) is 0 Å². The van der Waals surface area contributed by atoms with Crippen LogP contribution in [0, 0.1) is 0 Å². The molecular weight excluding hydrogens is 371 g/mol. The molecule has 0 heterocycles. The van der Waals surface area contributed by atoms with E-state index >= 15 is 0 Å². The molecular formula is C18H17ClF3NO3. The quantitative estimate of drug-likeness (QED) is 0.721. The maximum Gasteiger partial charge on any atom is 0.416 e. The number of anilines is 1. The van der Waals surface area contributed by atoms with Crippen molar-refractivity contribution < 1.29 is 27.4 Å². The highest BCUT2D eigenvalue weighted by molar-refractivity contribution is 6.34. The molecule has 0 radical (unpaired) electrons. The summed E-state index contributed by atoms with van der Waals surface area (Å²) < 4.78 is 49.3. The lowest BCUT2D eigenvalue weighted by Crippen LogP contribution is -2.14. The monoisotopic (exact) mass is 387 g/mol. The van der Waals surface area contributed by atoms with Gasteiger partial charge in [0.05, 0.1) is 29.5 Å². The highest BCUT2D eigenvalue weighted by atomic mass is 35.5. The summed E-state index contributed by atoms with van der Waals surface area (Å²) in [7, 11) is 0. The molecule has 2 aromatic carbocycles. The molecule has 0 aliphatic carbocycles. The third-order valence-electron chi connectivity index (χ3n) is 3.35. The zero-order valence-electron chi connectivity index (χ0n) is 14.1. The molecule has 26 heavy (non-hydrogen) atoms. The van der Waals surface area contributed by atoms with E-state index in [0.29, 0.717) is 24.7 Å². The molecule has 0 fully saturated rings. The van der Waals surface area contributed by atoms with Gasteiger partial charge in [0, 0.05) is 5.56 Å². The van der Waals surface area contributed by atoms with Crippen molar-refractivity contribution in [3.8, 4) is 11.5 Å². The molecule has 1 N–H and O–H groups in total. The number of carbonyl (C=O) groups is 1. The average Bonchev–Trinajstić information content (AvgIpc) is 2.57. The number of rotatable bonds is 6. The van der Waals surface area contributed by atoms with E-state index in [0.717, 1.165) is 18.2 Å². The predicted molar refractivity (Wildman–Crippen MR) is 93.2 cm³/mol. The van der Waals surface area contributed by atoms with Gasteiger partial charge in [-0.1, -0.05) is 11.6 Å². The zero-order chi connectivity index (χ0) is 19.3. The minimum absolute atomic E-state index is 0.00215. The first kappa shape index (κ1) is 19.9. The lowest BCUT2D eigenvalue weighted by Gasteiger charge is -2.14. The second kappa shape index (κ2) is 8.31. The van der Waals surface area contributed by atoms with Gasteiger partial charge in [0.1, 0.15) is 0 Å². The maximum absolute atomic E-state index is 12.8. The Hall–Kier alpha value is -2.41. The Kier molecular flexibility index (Phi) is 6.37. The van der Waals surface area contributed by atoms with Crippen LogP contribution in [0.5, 0.6) is 11.5 Å². The van der Waals surface area contributed by atoms with Crippen LogP contribution in [-0.4, -0.2) is 19.1 Å². The Morgan fingerprint density at radius 2 is 1.69 bits per heavy atom. The number of halogens is 4. The van der Waals surface area contributed by atoms with E-state index in [2.05, 4.69) is 5.32 Å². The van der Waals surface area contributed by atoms with Crippen LogP contribution in [0.3, 0.4) is 0 Å². The standard InChI is InChI=1S/C18H17ClF3NO3/c1-3-25-15-8-5-11(9-16(15)26-4-2)17(24)23-14-10-12(18(20,21)22)6-7-13(14)19/h5-10H,3-4H2,1-2H3,(H,23,24). The van der Waals surface area contributed by atoms with Crippen LogP contribution in [0.2, 0.25) is 5.02 Å². The number of hydrogen-bond acceptors (Lipinski definition) is 3. The third-order valence-corrected chi connectivity index (χ3v) is 3.68. The Labute approximate surface area is 153 Å². The smallest absolute Gasteiger partial charge is 0.416 e. The molecule has 0 atom stereocenters. The molecule has 140 valence electrons. The van der Waals surface area contributed by atoms with Gasteiger partial charge in [-0.05, 0) is 50.2 Å². The topological polar surface area (TPSA) is 47.6 Å². The molecule has 4 nitrogen and oxygen atoms in total. The number of nitrogens with one attached hydrogen (secondary N) is 1. The Morgan fingerprint density at radius 1 is 1.04 bits per heavy atom. The van der Waals surface area contributed by atoms with Gasteiger partial charge in [0.25, 0.3) is 5.91 Å². The number of benzene rings is 2. The molecule has 2 rings (SSSR count). The number of carbonyl (C=O) groups excluding carboxylic acids is 1. The molecule has 0 aliphatic heterocycles. The van der Waals surface area contributed by atoms with Crippen LogP contribution in [-0.2, 0) is 6.18 Å². The van der Waals surface area contributed by atoms with Crippen LogP contribution in [0.15, 0.2) is 36.4 Å². The number of alkyl halides is 3. The Bertz CT molecular complexity index is 794. The van der Waals surface area contributed by atoms with Crippen molar-refractivity contribution in [3.05, 3.63) is 52.5 Å². The van der Waals surface area contributed by atoms with E-state index < -0.39 is 17.6 Å². The second-order valence-electron chi connectivity index (χ2n) is 5.17. The molecule has 0 aromatic heterocycles. The van der Waals surface area contributed by atoms with Gasteiger partial charge < -0.3 is 14.8 Å². The summed E-state index contributed by atoms with van der Waals surface area (Å²) in [6.07, 6.45) is -4.54. The van der Waals surface area contributed by atoms with Gasteiger partial charge in [-0.2, -0.15) is 13.2 Å². The van der Waals surface area contributed by atoms with E-state index in [4.69, 9.17) is 21.1 Å². The second-order valence-corrected chi connectivity index (χ2v) is 5.58. The Morgan fingerprint density at radius 3 is 2.31 bits per heavy atom. The summed E-state index contributed by atoms with van der Waals surface area (Å²) in [5, 5.41) is 2.39. The fourth-order valence-electron chi connectivity index (χ4n) is 2.18. The number of amides is 1. The summed E-state index contributed by atoms with van der Waals surface area (Å²) in [5.74, 6) is 0.232. The molecule has 1 amide bonds. The number of ether oxygens (including phenoxy) is 2. The Balaban J connectivity index is 2.29. The van der Waals surface area contributed by atoms with Crippen molar-refractivity contribution in [3.63, 3.8) is 0 Å². The minimum atomic E-state index is -4.54. The van der Waals surface area contributed by atoms with Crippen molar-refractivity contribution in [2.75, 3.05) is 18.5 Å². The van der Waals surface area contributed by atoms with Gasteiger partial charge >= 0.3 is 6.18 Å². The lowest BCUT2D eigenvalue weighted by atomic mass is 10.1. The normalized spacial score (nSPS) is 11.2. The van der Waals surface area contributed by atoms with Gasteiger partial charge in [-0.25, -0.2) is 0 Å². The van der Waals surface area contributed by atoms with E-state index in [1.54, 1.807) is 13.0 Å². The maximum atomic E-state index is 12.8. The number of hydrogen-bond donors (Lipinski definition) is 1. The summed E-state index contributed by atoms with van der Waals surface area (Å²) >= 11 is 5.90. The van der Waals surface area contributed by atoms with Crippen LogP contribution < -0.4 is 14.8 Å². The summed E-state index contributed by atoms with van der Waals surface area (Å²) in [5.41, 5.74) is -0.831. The van der Waals surface area contributed by atoms with E-state index in [1.807, 2.05) is 6.92 Å². The molecule has 0 unspecified atom stereocenters. The first-order valence-electron chi connectivity index (χ1n) is 7.84. The average molecular weight is 388 g/mol. The van der Waals surface area contributed by atoms with E-state index in [-0.39, 0.29) is 16.3 Å². The highest BCUT2D eigenvalue weighted by Crippen LogP contribution is 2.34. The lowest BCUT2D eigenvalue weighted by molar-refractivity contribution is -0.137. The first-order valence-corrected chi connectivity index (χ1v) is 8.21. The molecule has 0 saturated heterocycles. The minimum Gasteiger partial charge on any atom is -0.490 e. The predicted octanol–water partition coefficient (Wildman–Crippen LogP) is 5.41. The molecule has 0 aliphatic rings. The van der Waals surface area contributed by atoms with Gasteiger partial charge in [-0.3, -0.25) is 4.79 Å². The van der Waals surface area contributed by atoms with Crippen molar-refractivity contribution in [2.24, 2.45) is 0 Å². The molecule has 0 saturated carbocycles. The third kappa shape index (κ3) is 4.82. The SMILES string of the molecule is CCOc1ccc(C(=O)Nc2cc(C(F)(F)F)ccc2Cl)cc1OCC. The van der Waals surface area contributed by atoms with Crippen molar-refractivity contribution in [2.45, 2.75) is 20.0 Å². The molecule has 0 bridgehead atoms. The molecule has 8 heteroatoms. The van der Waals surface area contributed by atoms with E-state index in [9.17, 15) is 18.0 Å². The van der Waals surface area contributed by atoms with Crippen LogP contribution in [0.1, 0.15) is 29.8 Å². The van der Waals surface area contributed by atoms with Gasteiger partial charge in [0.2, 0.25) is 0 Å². The summed E-state index contributed by atoms with van der Waals surface area (Å²) in [6.45, 7) is 4.38. The molecule has 0 spiro atoms. The largest absolute Gasteiger partial charge is 0.490 e. The van der Waals surface area contributed by atoms with Crippen LogP contribution in [0.4, 0.5) is 18.9 Å². The van der Waals surface area contributed by atoms with Crippen molar-refractivity contribution >= 4 is 23.2 Å². The first-order chi connectivity index (χ1) is 12.3. The molecule has 2 aromatic rings. The van der Waals surface area contributed by atoms with Crippen molar-refractivity contribution in [1.29, 1.82) is 0 Å². The fraction of sp³-hybridized carbons (Fsp3) is 0.278. The van der Waals surface area contributed by atoms with E-state index in [1.165, 1.54) is 12.1 Å². The fourth-order valence-corrected chi connectivity index (χ4v) is 2.35. The van der Waals surface area contributed by atoms with Gasteiger partial charge in [-0.15, -0.1) is 0 Å². The zero-order valence-corrected chi connectivity index (χ0v) is 14.9. The van der Waals surface area contributed by atoms with Gasteiger partial charge in [0.15, 0.2) is 11.5 Å². The van der Waals surface area contributed by atoms with Crippen LogP contribution >= 0.6 is 11.6 Å². The summed E-state index contributed by atoms with van der Waals surface area (Å²) in [4.78, 5) is 12.4. The summed E-state index contributed by atoms with van der Waals surface area (Å²) in [6, 6.07) is 7.25. The highest BCUT2D eigenvalue weighted by Gasteiger charge is 2.31.